The number of ether oxygens (including phenoxy) is 3. The number of carboxylic acids is 1. The van der Waals surface area contributed by atoms with Gasteiger partial charge in [0.1, 0.15) is 11.6 Å². The van der Waals surface area contributed by atoms with Gasteiger partial charge in [0.25, 0.3) is 5.79 Å². The molecule has 1 aromatic heterocycles. The van der Waals surface area contributed by atoms with Crippen molar-refractivity contribution in [2.24, 2.45) is 0 Å². The summed E-state index contributed by atoms with van der Waals surface area (Å²) < 4.78 is 35.4. The predicted molar refractivity (Wildman–Crippen MR) is 167 cm³/mol. The van der Waals surface area contributed by atoms with Crippen LogP contribution in [0.5, 0.6) is 11.5 Å². The summed E-state index contributed by atoms with van der Waals surface area (Å²) in [6.45, 7) is 7.70. The molecular formula is C35H35ClFN3O5. The number of carboxylic acid groups (broad SMARTS) is 1. The highest BCUT2D eigenvalue weighted by Gasteiger charge is 2.43. The fourth-order valence-electron chi connectivity index (χ4n) is 6.70. The van der Waals surface area contributed by atoms with Gasteiger partial charge >= 0.3 is 5.97 Å². The van der Waals surface area contributed by atoms with Crippen LogP contribution in [0.2, 0.25) is 5.02 Å². The van der Waals surface area contributed by atoms with Crippen LogP contribution in [-0.4, -0.2) is 51.3 Å². The number of benzene rings is 3. The fourth-order valence-corrected chi connectivity index (χ4v) is 6.86. The molecule has 0 bridgehead atoms. The molecule has 0 radical (unpaired) electrons. The van der Waals surface area contributed by atoms with Crippen molar-refractivity contribution in [3.63, 3.8) is 0 Å². The van der Waals surface area contributed by atoms with E-state index < -0.39 is 17.6 Å². The van der Waals surface area contributed by atoms with Crippen molar-refractivity contribution in [3.05, 3.63) is 99.7 Å². The number of fused-ring (bicyclic) bond motifs is 1. The van der Waals surface area contributed by atoms with Crippen LogP contribution < -0.4 is 9.47 Å². The third-order valence-corrected chi connectivity index (χ3v) is 9.52. The molecule has 1 N–H and O–H groups in total. The Morgan fingerprint density at radius 3 is 2.58 bits per heavy atom. The van der Waals surface area contributed by atoms with Crippen molar-refractivity contribution in [1.82, 2.24) is 14.5 Å². The molecule has 3 aliphatic heterocycles. The molecule has 8 nitrogen and oxygen atoms in total. The first kappa shape index (κ1) is 29.8. The van der Waals surface area contributed by atoms with Gasteiger partial charge in [0.15, 0.2) is 11.5 Å². The summed E-state index contributed by atoms with van der Waals surface area (Å²) in [6, 6.07) is 17.4. The molecule has 0 amide bonds. The molecule has 1 unspecified atom stereocenters. The molecular weight excluding hydrogens is 597 g/mol. The van der Waals surface area contributed by atoms with Gasteiger partial charge < -0.3 is 23.9 Å². The monoisotopic (exact) mass is 631 g/mol. The average Bonchev–Trinajstić information content (AvgIpc) is 3.51. The van der Waals surface area contributed by atoms with Gasteiger partial charge in [-0.2, -0.15) is 0 Å². The highest BCUT2D eigenvalue weighted by Crippen LogP contribution is 2.50. The van der Waals surface area contributed by atoms with Gasteiger partial charge in [0, 0.05) is 35.4 Å². The van der Waals surface area contributed by atoms with E-state index in [1.54, 1.807) is 37.3 Å². The summed E-state index contributed by atoms with van der Waals surface area (Å²) in [5.74, 6) is -0.207. The molecule has 7 rings (SSSR count). The summed E-state index contributed by atoms with van der Waals surface area (Å²) in [7, 11) is 0. The number of aromatic nitrogens is 2. The minimum atomic E-state index is -1.28. The number of halogens is 2. The maximum absolute atomic E-state index is 14.9. The molecule has 3 aliphatic rings. The van der Waals surface area contributed by atoms with E-state index in [0.717, 1.165) is 73.8 Å². The number of hydrogen-bond donors (Lipinski definition) is 1. The maximum Gasteiger partial charge on any atom is 0.335 e. The van der Waals surface area contributed by atoms with Gasteiger partial charge in [-0.3, -0.25) is 4.90 Å². The van der Waals surface area contributed by atoms with Crippen LogP contribution in [0, 0.1) is 12.7 Å². The number of hydrogen-bond acceptors (Lipinski definition) is 6. The minimum absolute atomic E-state index is 0.162. The Morgan fingerprint density at radius 2 is 1.87 bits per heavy atom. The number of para-hydroxylation sites is 1. The second-order valence-electron chi connectivity index (χ2n) is 12.2. The Labute approximate surface area is 266 Å². The number of nitrogens with zero attached hydrogens (tertiary/aromatic N) is 3. The highest BCUT2D eigenvalue weighted by molar-refractivity contribution is 6.30. The van der Waals surface area contributed by atoms with Crippen LogP contribution in [0.25, 0.3) is 11.3 Å². The van der Waals surface area contributed by atoms with E-state index in [0.29, 0.717) is 28.6 Å². The number of likely N-dealkylation sites (tertiary alicyclic amines) is 1. The van der Waals surface area contributed by atoms with Crippen molar-refractivity contribution in [2.75, 3.05) is 19.7 Å². The average molecular weight is 632 g/mol. The fraction of sp³-hybridized carbons (Fsp3) is 0.371. The molecule has 4 heterocycles. The van der Waals surface area contributed by atoms with E-state index in [-0.39, 0.29) is 17.6 Å². The number of aromatic carboxylic acids is 1. The lowest BCUT2D eigenvalue weighted by Crippen LogP contribution is -2.35. The van der Waals surface area contributed by atoms with Crippen LogP contribution in [-0.2, 0) is 23.6 Å². The van der Waals surface area contributed by atoms with E-state index in [4.69, 9.17) is 30.8 Å². The first-order chi connectivity index (χ1) is 21.7. The number of carbonyl (C=O) groups is 1. The summed E-state index contributed by atoms with van der Waals surface area (Å²) in [5, 5.41) is 9.85. The third kappa shape index (κ3) is 5.69. The van der Waals surface area contributed by atoms with E-state index in [1.807, 2.05) is 25.1 Å². The Bertz CT molecular complexity index is 1760. The Balaban J connectivity index is 1.08. The summed E-state index contributed by atoms with van der Waals surface area (Å²) >= 11 is 5.98. The summed E-state index contributed by atoms with van der Waals surface area (Å²) in [5.41, 5.74) is 4.23. The molecule has 2 saturated heterocycles. The second-order valence-corrected chi connectivity index (χ2v) is 12.7. The minimum Gasteiger partial charge on any atom is -0.478 e. The van der Waals surface area contributed by atoms with Gasteiger partial charge in [0.2, 0.25) is 0 Å². The van der Waals surface area contributed by atoms with Crippen molar-refractivity contribution >= 4 is 17.6 Å². The summed E-state index contributed by atoms with van der Waals surface area (Å²) in [4.78, 5) is 19.1. The van der Waals surface area contributed by atoms with Crippen LogP contribution in [0.3, 0.4) is 0 Å². The van der Waals surface area contributed by atoms with Crippen LogP contribution in [0.15, 0.2) is 60.7 Å². The first-order valence-corrected chi connectivity index (χ1v) is 15.8. The zero-order valence-electron chi connectivity index (χ0n) is 25.3. The SMILES string of the molecule is Cc1c(-c2cccc(C(=O)O)c2)nc(CN2CCC(c3cccc4c3O[C@@](C)(c3ccc(Cl)cc3F)O4)CC2)n1CC1CCO1. The standard InChI is InChI=1S/C35H35ClFN3O5/c1-21-32(23-5-3-6-24(17-23)34(41)42)38-31(40(21)19-26-13-16-43-26)20-39-14-11-22(12-15-39)27-7-4-8-30-33(27)45-35(2,44-30)28-10-9-25(36)18-29(28)37/h3-10,17-18,22,26H,11-16,19-20H2,1-2H3,(H,41,42)/t26?,35-/m0/s1. The van der Waals surface area contributed by atoms with Gasteiger partial charge in [-0.05, 0) is 81.6 Å². The van der Waals surface area contributed by atoms with Gasteiger partial charge in [-0.25, -0.2) is 14.2 Å². The predicted octanol–water partition coefficient (Wildman–Crippen LogP) is 7.16. The zero-order chi connectivity index (χ0) is 31.3. The Kier molecular flexibility index (Phi) is 7.79. The number of rotatable bonds is 8. The number of imidazole rings is 1. The zero-order valence-corrected chi connectivity index (χ0v) is 26.0. The van der Waals surface area contributed by atoms with E-state index in [2.05, 4.69) is 15.5 Å². The maximum atomic E-state index is 14.9. The molecule has 0 saturated carbocycles. The quantitative estimate of drug-likeness (QED) is 0.221. The molecule has 4 aromatic rings. The van der Waals surface area contributed by atoms with E-state index in [1.165, 1.54) is 6.07 Å². The smallest absolute Gasteiger partial charge is 0.335 e. The first-order valence-electron chi connectivity index (χ1n) is 15.4. The second kappa shape index (κ2) is 11.8. The van der Waals surface area contributed by atoms with Crippen LogP contribution in [0.4, 0.5) is 4.39 Å². The Hall–Kier alpha value is -3.92. The third-order valence-electron chi connectivity index (χ3n) is 9.29. The Morgan fingerprint density at radius 1 is 1.09 bits per heavy atom. The molecule has 3 aromatic carbocycles. The van der Waals surface area contributed by atoms with E-state index >= 15 is 0 Å². The van der Waals surface area contributed by atoms with Gasteiger partial charge in [0.05, 0.1) is 36.0 Å². The molecule has 234 valence electrons. The van der Waals surface area contributed by atoms with Gasteiger partial charge in [-0.15, -0.1) is 0 Å². The molecule has 0 spiro atoms. The van der Waals surface area contributed by atoms with Crippen molar-refractivity contribution in [1.29, 1.82) is 0 Å². The lowest BCUT2D eigenvalue weighted by Gasteiger charge is -2.33. The topological polar surface area (TPSA) is 86.0 Å². The largest absolute Gasteiger partial charge is 0.478 e. The molecule has 45 heavy (non-hydrogen) atoms. The normalized spacial score (nSPS) is 21.6. The van der Waals surface area contributed by atoms with E-state index in [9.17, 15) is 14.3 Å². The van der Waals surface area contributed by atoms with Crippen molar-refractivity contribution < 1.29 is 28.5 Å². The lowest BCUT2D eigenvalue weighted by molar-refractivity contribution is -0.0712. The van der Waals surface area contributed by atoms with Crippen LogP contribution >= 0.6 is 11.6 Å². The molecule has 2 atom stereocenters. The van der Waals surface area contributed by atoms with Gasteiger partial charge in [-0.1, -0.05) is 35.9 Å². The lowest BCUT2D eigenvalue weighted by atomic mass is 9.88. The van der Waals surface area contributed by atoms with Crippen molar-refractivity contribution in [3.8, 4) is 22.8 Å². The molecule has 0 aliphatic carbocycles. The molecule has 10 heteroatoms. The molecule has 2 fully saturated rings. The summed E-state index contributed by atoms with van der Waals surface area (Å²) in [6.07, 6.45) is 3.02. The highest BCUT2D eigenvalue weighted by atomic mass is 35.5. The van der Waals surface area contributed by atoms with Crippen LogP contribution in [0.1, 0.15) is 65.1 Å². The number of piperidine rings is 1. The van der Waals surface area contributed by atoms with Crippen molar-refractivity contribution in [2.45, 2.75) is 64.0 Å².